The Morgan fingerprint density at radius 1 is 1.42 bits per heavy atom. The van der Waals surface area contributed by atoms with Gasteiger partial charge in [-0.1, -0.05) is 6.92 Å². The van der Waals surface area contributed by atoms with Gasteiger partial charge in [-0.15, -0.1) is 0 Å². The van der Waals surface area contributed by atoms with E-state index < -0.39 is 10.8 Å². The second-order valence-electron chi connectivity index (χ2n) is 5.91. The number of hydrogen-bond donors (Lipinski definition) is 1. The van der Waals surface area contributed by atoms with Crippen molar-refractivity contribution in [1.82, 2.24) is 5.32 Å². The van der Waals surface area contributed by atoms with E-state index in [1.54, 1.807) is 25.1 Å². The molecule has 134 valence electrons. The number of hydrogen-bond acceptors (Lipinski definition) is 5. The van der Waals surface area contributed by atoms with Gasteiger partial charge in [0.15, 0.2) is 0 Å². The van der Waals surface area contributed by atoms with E-state index in [1.165, 1.54) is 18.2 Å². The van der Waals surface area contributed by atoms with E-state index in [0.717, 1.165) is 6.42 Å². The summed E-state index contributed by atoms with van der Waals surface area (Å²) < 4.78 is 5.69. The summed E-state index contributed by atoms with van der Waals surface area (Å²) in [5.74, 6) is 0.406. The molecular formula is C19H19N3O4. The van der Waals surface area contributed by atoms with Crippen LogP contribution in [-0.4, -0.2) is 16.9 Å². The van der Waals surface area contributed by atoms with Crippen molar-refractivity contribution in [2.45, 2.75) is 33.2 Å². The summed E-state index contributed by atoms with van der Waals surface area (Å²) in [4.78, 5) is 22.4. The quantitative estimate of drug-likeness (QED) is 0.365. The molecule has 1 amide bonds. The number of rotatable bonds is 6. The van der Waals surface area contributed by atoms with Crippen molar-refractivity contribution in [1.29, 1.82) is 5.26 Å². The number of nitro groups is 1. The fourth-order valence-corrected chi connectivity index (χ4v) is 2.31. The van der Waals surface area contributed by atoms with E-state index >= 15 is 0 Å². The highest BCUT2D eigenvalue weighted by Gasteiger charge is 2.14. The number of nitriles is 1. The number of nitrogens with one attached hydrogen (secondary N) is 1. The van der Waals surface area contributed by atoms with E-state index in [9.17, 15) is 20.2 Å². The smallest absolute Gasteiger partial charge is 0.269 e. The number of benzene rings is 1. The average Bonchev–Trinajstić information content (AvgIpc) is 3.07. The molecule has 0 fully saturated rings. The van der Waals surface area contributed by atoms with Crippen LogP contribution in [0.5, 0.6) is 0 Å². The predicted octanol–water partition coefficient (Wildman–Crippen LogP) is 3.98. The topological polar surface area (TPSA) is 109 Å². The molecule has 0 aliphatic carbocycles. The van der Waals surface area contributed by atoms with Crippen molar-refractivity contribution in [3.63, 3.8) is 0 Å². The highest BCUT2D eigenvalue weighted by molar-refractivity contribution is 6.01. The summed E-state index contributed by atoms with van der Waals surface area (Å²) in [6.07, 6.45) is 2.14. The third kappa shape index (κ3) is 4.36. The molecule has 7 nitrogen and oxygen atoms in total. The highest BCUT2D eigenvalue weighted by Crippen LogP contribution is 2.29. The zero-order valence-electron chi connectivity index (χ0n) is 14.8. The van der Waals surface area contributed by atoms with Gasteiger partial charge in [0, 0.05) is 29.8 Å². The Morgan fingerprint density at radius 2 is 2.15 bits per heavy atom. The number of nitro benzene ring substituents is 1. The lowest BCUT2D eigenvalue weighted by molar-refractivity contribution is -0.384. The summed E-state index contributed by atoms with van der Waals surface area (Å²) in [7, 11) is 0. The first-order valence-electron chi connectivity index (χ1n) is 8.13. The van der Waals surface area contributed by atoms with E-state index in [4.69, 9.17) is 4.42 Å². The van der Waals surface area contributed by atoms with Gasteiger partial charge in [0.1, 0.15) is 23.2 Å². The lowest BCUT2D eigenvalue weighted by atomic mass is 10.1. The Bertz CT molecular complexity index is 906. The summed E-state index contributed by atoms with van der Waals surface area (Å²) in [5.41, 5.74) is 1.36. The number of furan rings is 1. The minimum Gasteiger partial charge on any atom is -0.457 e. The summed E-state index contributed by atoms with van der Waals surface area (Å²) in [6, 6.07) is 9.66. The van der Waals surface area contributed by atoms with Crippen molar-refractivity contribution < 1.29 is 14.1 Å². The maximum atomic E-state index is 12.1. The molecule has 2 rings (SSSR count). The summed E-state index contributed by atoms with van der Waals surface area (Å²) in [5, 5.41) is 22.8. The first-order valence-corrected chi connectivity index (χ1v) is 8.13. The monoisotopic (exact) mass is 353 g/mol. The van der Waals surface area contributed by atoms with Crippen LogP contribution in [0.2, 0.25) is 0 Å². The van der Waals surface area contributed by atoms with Crippen LogP contribution in [0.25, 0.3) is 17.4 Å². The molecule has 2 aromatic rings. The summed E-state index contributed by atoms with van der Waals surface area (Å²) in [6.45, 7) is 5.54. The fourth-order valence-electron chi connectivity index (χ4n) is 2.31. The van der Waals surface area contributed by atoms with Gasteiger partial charge in [0.2, 0.25) is 0 Å². The molecule has 0 bridgehead atoms. The molecule has 0 radical (unpaired) electrons. The fraction of sp³-hybridized carbons (Fsp3) is 0.263. The predicted molar refractivity (Wildman–Crippen MR) is 97.0 cm³/mol. The zero-order chi connectivity index (χ0) is 19.3. The largest absolute Gasteiger partial charge is 0.457 e. The highest BCUT2D eigenvalue weighted by atomic mass is 16.6. The van der Waals surface area contributed by atoms with Crippen LogP contribution >= 0.6 is 0 Å². The van der Waals surface area contributed by atoms with Gasteiger partial charge in [-0.25, -0.2) is 0 Å². The van der Waals surface area contributed by atoms with Gasteiger partial charge in [-0.3, -0.25) is 14.9 Å². The van der Waals surface area contributed by atoms with Crippen LogP contribution in [0.4, 0.5) is 5.69 Å². The molecule has 0 spiro atoms. The Balaban J connectivity index is 2.28. The Hall–Kier alpha value is -3.40. The van der Waals surface area contributed by atoms with Crippen molar-refractivity contribution >= 4 is 17.7 Å². The third-order valence-corrected chi connectivity index (χ3v) is 3.95. The lowest BCUT2D eigenvalue weighted by Gasteiger charge is -2.10. The number of aryl methyl sites for hydroxylation is 1. The van der Waals surface area contributed by atoms with E-state index in [-0.39, 0.29) is 17.3 Å². The third-order valence-electron chi connectivity index (χ3n) is 3.95. The molecule has 26 heavy (non-hydrogen) atoms. The van der Waals surface area contributed by atoms with Crippen molar-refractivity contribution in [2.24, 2.45) is 0 Å². The van der Waals surface area contributed by atoms with E-state index in [0.29, 0.717) is 22.6 Å². The van der Waals surface area contributed by atoms with Crippen LogP contribution in [0.1, 0.15) is 31.6 Å². The molecule has 0 unspecified atom stereocenters. The van der Waals surface area contributed by atoms with Gasteiger partial charge in [-0.2, -0.15) is 5.26 Å². The number of carbonyl (C=O) groups is 1. The molecule has 7 heteroatoms. The van der Waals surface area contributed by atoms with Crippen LogP contribution < -0.4 is 5.32 Å². The van der Waals surface area contributed by atoms with E-state index in [1.807, 2.05) is 19.9 Å². The maximum Gasteiger partial charge on any atom is 0.269 e. The molecule has 1 atom stereocenters. The van der Waals surface area contributed by atoms with Gasteiger partial charge in [-0.05, 0) is 44.0 Å². The number of amides is 1. The maximum absolute atomic E-state index is 12.1. The molecule has 0 saturated carbocycles. The molecule has 1 aromatic heterocycles. The molecule has 0 aliphatic rings. The van der Waals surface area contributed by atoms with Crippen LogP contribution in [-0.2, 0) is 4.79 Å². The van der Waals surface area contributed by atoms with Crippen molar-refractivity contribution in [3.8, 4) is 17.4 Å². The normalized spacial score (nSPS) is 12.3. The van der Waals surface area contributed by atoms with Crippen molar-refractivity contribution in [2.75, 3.05) is 0 Å². The molecule has 0 aliphatic heterocycles. The number of nitrogens with zero attached hydrogens (tertiary/aromatic N) is 2. The minimum atomic E-state index is -0.456. The molecule has 1 N–H and O–H groups in total. The first-order chi connectivity index (χ1) is 12.3. The van der Waals surface area contributed by atoms with Gasteiger partial charge in [0.25, 0.3) is 11.6 Å². The van der Waals surface area contributed by atoms with Gasteiger partial charge >= 0.3 is 0 Å². The minimum absolute atomic E-state index is 0.00593. The number of carbonyl (C=O) groups excluding carboxylic acids is 1. The Morgan fingerprint density at radius 3 is 2.73 bits per heavy atom. The molecule has 1 heterocycles. The molecule has 1 aromatic carbocycles. The van der Waals surface area contributed by atoms with Crippen LogP contribution in [0, 0.1) is 28.4 Å². The lowest BCUT2D eigenvalue weighted by Crippen LogP contribution is -2.32. The summed E-state index contributed by atoms with van der Waals surface area (Å²) >= 11 is 0. The van der Waals surface area contributed by atoms with E-state index in [2.05, 4.69) is 5.32 Å². The Kier molecular flexibility index (Phi) is 5.91. The average molecular weight is 353 g/mol. The van der Waals surface area contributed by atoms with Gasteiger partial charge in [0.05, 0.1) is 4.92 Å². The first kappa shape index (κ1) is 18.9. The van der Waals surface area contributed by atoms with Crippen LogP contribution in [0.15, 0.2) is 40.3 Å². The van der Waals surface area contributed by atoms with Gasteiger partial charge < -0.3 is 9.73 Å². The zero-order valence-corrected chi connectivity index (χ0v) is 14.8. The molecular weight excluding hydrogens is 334 g/mol. The SMILES string of the molecule is CC[C@@H](C)NC(=O)/C(C#N)=C/c1ccc(-c2ccc([N+](=O)[O-])cc2C)o1. The van der Waals surface area contributed by atoms with Crippen LogP contribution in [0.3, 0.4) is 0 Å². The second-order valence-corrected chi connectivity index (χ2v) is 5.91. The molecule has 0 saturated heterocycles. The Labute approximate surface area is 151 Å². The second kappa shape index (κ2) is 8.12. The standard InChI is InChI=1S/C19H19N3O4/c1-4-13(3)21-19(23)14(11-20)10-16-6-8-18(26-16)17-7-5-15(22(24)25)9-12(17)2/h5-10,13H,4H2,1-3H3,(H,21,23)/b14-10+/t13-/m1/s1. The van der Waals surface area contributed by atoms with Crippen molar-refractivity contribution in [3.05, 3.63) is 57.3 Å². The number of non-ortho nitro benzene ring substituents is 1.